The van der Waals surface area contributed by atoms with E-state index in [9.17, 15) is 9.59 Å². The molecule has 2 N–H and O–H groups in total. The van der Waals surface area contributed by atoms with Crippen molar-refractivity contribution in [2.24, 2.45) is 0 Å². The number of rotatable bonds is 6. The summed E-state index contributed by atoms with van der Waals surface area (Å²) in [5.41, 5.74) is 2.16. The van der Waals surface area contributed by atoms with Gasteiger partial charge in [0.2, 0.25) is 0 Å². The zero-order chi connectivity index (χ0) is 21.5. The van der Waals surface area contributed by atoms with Gasteiger partial charge in [0.1, 0.15) is 5.69 Å². The van der Waals surface area contributed by atoms with Gasteiger partial charge in [0.25, 0.3) is 5.91 Å². The minimum absolute atomic E-state index is 0.110. The molecule has 30 heavy (non-hydrogen) atoms. The highest BCUT2D eigenvalue weighted by Crippen LogP contribution is 2.19. The van der Waals surface area contributed by atoms with Crippen LogP contribution in [0.15, 0.2) is 30.5 Å². The van der Waals surface area contributed by atoms with Crippen molar-refractivity contribution in [2.75, 3.05) is 43.5 Å². The van der Waals surface area contributed by atoms with E-state index in [2.05, 4.69) is 15.7 Å². The number of benzene rings is 1. The van der Waals surface area contributed by atoms with E-state index in [4.69, 9.17) is 21.7 Å². The highest BCUT2D eigenvalue weighted by atomic mass is 32.1. The van der Waals surface area contributed by atoms with Crippen molar-refractivity contribution in [3.8, 4) is 0 Å². The SMILES string of the molecule is CCOC(=O)c1ccc(NC(=S)Nc2cnn(CC)c2C(=O)N2CCOCC2)cc1. The van der Waals surface area contributed by atoms with E-state index < -0.39 is 0 Å². The van der Waals surface area contributed by atoms with Crippen LogP contribution in [0, 0.1) is 0 Å². The van der Waals surface area contributed by atoms with Crippen LogP contribution in [0.5, 0.6) is 0 Å². The first kappa shape index (κ1) is 21.7. The number of esters is 1. The first-order valence-electron chi connectivity index (χ1n) is 9.81. The maximum Gasteiger partial charge on any atom is 0.338 e. The lowest BCUT2D eigenvalue weighted by Crippen LogP contribution is -2.41. The van der Waals surface area contributed by atoms with E-state index in [1.54, 1.807) is 47.0 Å². The monoisotopic (exact) mass is 431 g/mol. The highest BCUT2D eigenvalue weighted by molar-refractivity contribution is 7.80. The largest absolute Gasteiger partial charge is 0.462 e. The van der Waals surface area contributed by atoms with Gasteiger partial charge in [-0.1, -0.05) is 0 Å². The van der Waals surface area contributed by atoms with Crippen molar-refractivity contribution in [2.45, 2.75) is 20.4 Å². The number of anilines is 2. The van der Waals surface area contributed by atoms with Crippen molar-refractivity contribution >= 4 is 40.6 Å². The maximum atomic E-state index is 13.0. The number of carbonyl (C=O) groups excluding carboxylic acids is 2. The molecule has 2 aromatic rings. The Balaban J connectivity index is 1.68. The van der Waals surface area contributed by atoms with Gasteiger partial charge in [-0.2, -0.15) is 5.10 Å². The van der Waals surface area contributed by atoms with Crippen LogP contribution in [0.4, 0.5) is 11.4 Å². The predicted octanol–water partition coefficient (Wildman–Crippen LogP) is 2.36. The molecular weight excluding hydrogens is 406 g/mol. The number of aromatic nitrogens is 2. The average molecular weight is 432 g/mol. The van der Waals surface area contributed by atoms with Crippen molar-refractivity contribution in [1.29, 1.82) is 0 Å². The summed E-state index contributed by atoms with van der Waals surface area (Å²) in [4.78, 5) is 26.5. The van der Waals surface area contributed by atoms with E-state index in [0.29, 0.717) is 67.2 Å². The summed E-state index contributed by atoms with van der Waals surface area (Å²) in [7, 11) is 0. The molecular formula is C20H25N5O4S. The molecule has 1 aliphatic heterocycles. The molecule has 0 atom stereocenters. The summed E-state index contributed by atoms with van der Waals surface area (Å²) in [6.45, 7) is 6.70. The molecule has 1 amide bonds. The van der Waals surface area contributed by atoms with Crippen LogP contribution in [0.1, 0.15) is 34.7 Å². The summed E-state index contributed by atoms with van der Waals surface area (Å²) >= 11 is 5.40. The van der Waals surface area contributed by atoms with Crippen LogP contribution in [-0.4, -0.2) is 64.6 Å². The van der Waals surface area contributed by atoms with Gasteiger partial charge in [0, 0.05) is 25.3 Å². The molecule has 9 nitrogen and oxygen atoms in total. The lowest BCUT2D eigenvalue weighted by Gasteiger charge is -2.27. The van der Waals surface area contributed by atoms with Gasteiger partial charge in [-0.25, -0.2) is 4.79 Å². The molecule has 1 aliphatic rings. The van der Waals surface area contributed by atoms with E-state index in [-0.39, 0.29) is 11.9 Å². The number of nitrogens with one attached hydrogen (secondary N) is 2. The molecule has 0 spiro atoms. The fourth-order valence-corrected chi connectivity index (χ4v) is 3.27. The molecule has 1 saturated heterocycles. The second kappa shape index (κ2) is 10.2. The number of hydrogen-bond donors (Lipinski definition) is 2. The van der Waals surface area contributed by atoms with E-state index >= 15 is 0 Å². The number of hydrogen-bond acceptors (Lipinski definition) is 6. The second-order valence-electron chi connectivity index (χ2n) is 6.50. The van der Waals surface area contributed by atoms with E-state index in [1.807, 2.05) is 6.92 Å². The minimum Gasteiger partial charge on any atom is -0.462 e. The van der Waals surface area contributed by atoms with Crippen LogP contribution in [0.3, 0.4) is 0 Å². The smallest absolute Gasteiger partial charge is 0.338 e. The summed E-state index contributed by atoms with van der Waals surface area (Å²) in [5.74, 6) is -0.482. The number of ether oxygens (including phenoxy) is 2. The predicted molar refractivity (Wildman–Crippen MR) is 117 cm³/mol. The fourth-order valence-electron chi connectivity index (χ4n) is 3.05. The van der Waals surface area contributed by atoms with E-state index in [0.717, 1.165) is 0 Å². The van der Waals surface area contributed by atoms with Crippen LogP contribution in [0.25, 0.3) is 0 Å². The Labute approximate surface area is 180 Å². The van der Waals surface area contributed by atoms with Gasteiger partial charge in [-0.15, -0.1) is 0 Å². The molecule has 1 aromatic heterocycles. The molecule has 10 heteroatoms. The third-order valence-electron chi connectivity index (χ3n) is 4.54. The van der Waals surface area contributed by atoms with Crippen LogP contribution < -0.4 is 10.6 Å². The summed E-state index contributed by atoms with van der Waals surface area (Å²) in [6.07, 6.45) is 1.59. The molecule has 0 unspecified atom stereocenters. The molecule has 0 bridgehead atoms. The van der Waals surface area contributed by atoms with Crippen molar-refractivity contribution in [3.63, 3.8) is 0 Å². The number of thiocarbonyl (C=S) groups is 1. The van der Waals surface area contributed by atoms with Gasteiger partial charge >= 0.3 is 5.97 Å². The lowest BCUT2D eigenvalue weighted by molar-refractivity contribution is 0.0295. The van der Waals surface area contributed by atoms with Crippen LogP contribution in [-0.2, 0) is 16.0 Å². The van der Waals surface area contributed by atoms with Crippen molar-refractivity contribution < 1.29 is 19.1 Å². The summed E-state index contributed by atoms with van der Waals surface area (Å²) in [5, 5.41) is 10.7. The quantitative estimate of drug-likeness (QED) is 0.531. The second-order valence-corrected chi connectivity index (χ2v) is 6.91. The number of morpholine rings is 1. The molecule has 2 heterocycles. The Bertz CT molecular complexity index is 906. The zero-order valence-electron chi connectivity index (χ0n) is 17.0. The van der Waals surface area contributed by atoms with Gasteiger partial charge in [-0.3, -0.25) is 9.48 Å². The van der Waals surface area contributed by atoms with Crippen molar-refractivity contribution in [3.05, 3.63) is 41.7 Å². The van der Waals surface area contributed by atoms with Gasteiger partial charge in [-0.05, 0) is 50.3 Å². The number of aryl methyl sites for hydroxylation is 1. The average Bonchev–Trinajstić information content (AvgIpc) is 3.16. The zero-order valence-corrected chi connectivity index (χ0v) is 17.8. The molecule has 0 saturated carbocycles. The van der Waals surface area contributed by atoms with E-state index in [1.165, 1.54) is 0 Å². The number of amides is 1. The Kier molecular flexibility index (Phi) is 7.36. The Morgan fingerprint density at radius 1 is 1.17 bits per heavy atom. The van der Waals surface area contributed by atoms with Crippen LogP contribution >= 0.6 is 12.2 Å². The Morgan fingerprint density at radius 3 is 2.50 bits per heavy atom. The Morgan fingerprint density at radius 2 is 1.87 bits per heavy atom. The topological polar surface area (TPSA) is 97.7 Å². The third kappa shape index (κ3) is 5.14. The first-order valence-corrected chi connectivity index (χ1v) is 10.2. The molecule has 1 aromatic carbocycles. The standard InChI is InChI=1S/C20H25N5O4S/c1-3-25-17(18(26)24-9-11-28-12-10-24)16(13-21-25)23-20(30)22-15-7-5-14(6-8-15)19(27)29-4-2/h5-8,13H,3-4,9-12H2,1-2H3,(H2,22,23,30). The molecule has 1 fully saturated rings. The Hall–Kier alpha value is -2.98. The number of carbonyl (C=O) groups is 2. The molecule has 160 valence electrons. The van der Waals surface area contributed by atoms with Crippen LogP contribution in [0.2, 0.25) is 0 Å². The molecule has 0 radical (unpaired) electrons. The maximum absolute atomic E-state index is 13.0. The fraction of sp³-hybridized carbons (Fsp3) is 0.400. The summed E-state index contributed by atoms with van der Waals surface area (Å²) in [6, 6.07) is 6.78. The highest BCUT2D eigenvalue weighted by Gasteiger charge is 2.25. The molecule has 0 aliphatic carbocycles. The van der Waals surface area contributed by atoms with Gasteiger partial charge in [0.15, 0.2) is 5.11 Å². The normalized spacial score (nSPS) is 13.6. The first-order chi connectivity index (χ1) is 14.5. The molecule has 3 rings (SSSR count). The summed E-state index contributed by atoms with van der Waals surface area (Å²) < 4.78 is 12.0. The van der Waals surface area contributed by atoms with Gasteiger partial charge < -0.3 is 25.0 Å². The number of nitrogens with zero attached hydrogens (tertiary/aromatic N) is 3. The van der Waals surface area contributed by atoms with Crippen molar-refractivity contribution in [1.82, 2.24) is 14.7 Å². The third-order valence-corrected chi connectivity index (χ3v) is 4.75. The minimum atomic E-state index is -0.372. The lowest BCUT2D eigenvalue weighted by atomic mass is 10.2. The van der Waals surface area contributed by atoms with Gasteiger partial charge in [0.05, 0.1) is 37.3 Å².